The zero-order chi connectivity index (χ0) is 21.7. The molecule has 0 aromatic heterocycles. The molecule has 0 saturated heterocycles. The molecule has 1 atom stereocenters. The highest BCUT2D eigenvalue weighted by Gasteiger charge is 2.17. The Labute approximate surface area is 178 Å². The van der Waals surface area contributed by atoms with E-state index >= 15 is 0 Å². The van der Waals surface area contributed by atoms with Crippen molar-refractivity contribution in [3.05, 3.63) is 99.8 Å². The molecule has 0 aliphatic rings. The summed E-state index contributed by atoms with van der Waals surface area (Å²) in [5, 5.41) is 12.2. The van der Waals surface area contributed by atoms with Crippen LogP contribution >= 0.6 is 11.6 Å². The lowest BCUT2D eigenvalue weighted by Gasteiger charge is -2.17. The van der Waals surface area contributed by atoms with Gasteiger partial charge in [0.15, 0.2) is 0 Å². The number of carbonyl (C=O) groups excluding carboxylic acids is 1. The summed E-state index contributed by atoms with van der Waals surface area (Å²) >= 11 is 6.05. The summed E-state index contributed by atoms with van der Waals surface area (Å²) in [6, 6.07) is 16.7. The topological polar surface area (TPSA) is 75.6 Å². The molecule has 3 aromatic rings. The minimum atomic E-state index is -1.02. The van der Waals surface area contributed by atoms with E-state index in [0.717, 1.165) is 5.56 Å². The summed E-state index contributed by atoms with van der Waals surface area (Å²) in [6.07, 6.45) is 0. The number of carbonyl (C=O) groups is 2. The zero-order valence-corrected chi connectivity index (χ0v) is 16.8. The lowest BCUT2D eigenvalue weighted by molar-refractivity contribution is 0.0696. The minimum Gasteiger partial charge on any atom is -0.488 e. The average Bonchev–Trinajstić information content (AvgIpc) is 2.73. The first kappa shape index (κ1) is 21.3. The highest BCUT2D eigenvalue weighted by Crippen LogP contribution is 2.25. The van der Waals surface area contributed by atoms with Crippen LogP contribution in [0, 0.1) is 5.82 Å². The number of aromatic carboxylic acids is 1. The first-order chi connectivity index (χ1) is 14.3. The van der Waals surface area contributed by atoms with Crippen LogP contribution in [0.5, 0.6) is 5.75 Å². The second-order valence-corrected chi connectivity index (χ2v) is 7.08. The fourth-order valence-corrected chi connectivity index (χ4v) is 3.02. The van der Waals surface area contributed by atoms with Gasteiger partial charge in [-0.2, -0.15) is 0 Å². The van der Waals surface area contributed by atoms with Crippen molar-refractivity contribution in [2.75, 3.05) is 0 Å². The van der Waals surface area contributed by atoms with Crippen LogP contribution in [0.1, 0.15) is 44.8 Å². The fraction of sp³-hybridized carbons (Fsp3) is 0.130. The van der Waals surface area contributed by atoms with E-state index in [9.17, 15) is 14.0 Å². The SMILES string of the molecule is C[C@H](NC(=O)c1cc(Cl)ccc1OCc1ccccc1F)c1ccc(C(=O)O)cc1. The van der Waals surface area contributed by atoms with Gasteiger partial charge in [-0.1, -0.05) is 41.9 Å². The molecule has 1 amide bonds. The summed E-state index contributed by atoms with van der Waals surface area (Å²) < 4.78 is 19.5. The van der Waals surface area contributed by atoms with Crippen molar-refractivity contribution < 1.29 is 23.8 Å². The molecule has 0 unspecified atom stereocenters. The maximum Gasteiger partial charge on any atom is 0.335 e. The van der Waals surface area contributed by atoms with Crippen LogP contribution in [-0.4, -0.2) is 17.0 Å². The quantitative estimate of drug-likeness (QED) is 0.540. The third kappa shape index (κ3) is 5.15. The Hall–Kier alpha value is -3.38. The van der Waals surface area contributed by atoms with Crippen molar-refractivity contribution in [3.8, 4) is 5.75 Å². The molecular formula is C23H19ClFNO4. The van der Waals surface area contributed by atoms with Crippen LogP contribution in [0.25, 0.3) is 0 Å². The number of carboxylic acid groups (broad SMARTS) is 1. The van der Waals surface area contributed by atoms with E-state index < -0.39 is 23.7 Å². The Kier molecular flexibility index (Phi) is 6.69. The molecule has 0 radical (unpaired) electrons. The summed E-state index contributed by atoms with van der Waals surface area (Å²) in [6.45, 7) is 1.74. The standard InChI is InChI=1S/C23H19ClFNO4/c1-14(15-6-8-16(9-7-15)23(28)29)26-22(27)19-12-18(24)10-11-21(19)30-13-17-4-2-3-5-20(17)25/h2-12,14H,13H2,1H3,(H,26,27)(H,28,29)/t14-/m0/s1. The van der Waals surface area contributed by atoms with Gasteiger partial charge in [0.2, 0.25) is 0 Å². The molecule has 7 heteroatoms. The molecule has 2 N–H and O–H groups in total. The van der Waals surface area contributed by atoms with Gasteiger partial charge in [0, 0.05) is 10.6 Å². The number of hydrogen-bond donors (Lipinski definition) is 2. The smallest absolute Gasteiger partial charge is 0.335 e. The van der Waals surface area contributed by atoms with Crippen molar-refractivity contribution in [2.45, 2.75) is 19.6 Å². The molecule has 154 valence electrons. The molecule has 3 aromatic carbocycles. The van der Waals surface area contributed by atoms with Gasteiger partial charge in [-0.3, -0.25) is 4.79 Å². The van der Waals surface area contributed by atoms with Crippen molar-refractivity contribution in [1.82, 2.24) is 5.32 Å². The average molecular weight is 428 g/mol. The zero-order valence-electron chi connectivity index (χ0n) is 16.1. The maximum absolute atomic E-state index is 13.8. The van der Waals surface area contributed by atoms with Crippen LogP contribution in [0.3, 0.4) is 0 Å². The first-order valence-corrected chi connectivity index (χ1v) is 9.53. The summed E-state index contributed by atoms with van der Waals surface area (Å²) in [5.74, 6) is -1.56. The Bertz CT molecular complexity index is 1070. The molecule has 0 fully saturated rings. The molecule has 5 nitrogen and oxygen atoms in total. The van der Waals surface area contributed by atoms with Crippen molar-refractivity contribution in [3.63, 3.8) is 0 Å². The van der Waals surface area contributed by atoms with Gasteiger partial charge in [0.1, 0.15) is 18.2 Å². The fourth-order valence-electron chi connectivity index (χ4n) is 2.85. The number of ether oxygens (including phenoxy) is 1. The molecule has 0 spiro atoms. The van der Waals surface area contributed by atoms with Gasteiger partial charge < -0.3 is 15.2 Å². The Morgan fingerprint density at radius 2 is 1.80 bits per heavy atom. The van der Waals surface area contributed by atoms with E-state index in [2.05, 4.69) is 5.32 Å². The molecule has 30 heavy (non-hydrogen) atoms. The largest absolute Gasteiger partial charge is 0.488 e. The van der Waals surface area contributed by atoms with E-state index in [1.807, 2.05) is 0 Å². The Morgan fingerprint density at radius 3 is 2.47 bits per heavy atom. The molecule has 0 aliphatic carbocycles. The van der Waals surface area contributed by atoms with Gasteiger partial charge in [-0.25, -0.2) is 9.18 Å². The number of halogens is 2. The molecule has 0 heterocycles. The lowest BCUT2D eigenvalue weighted by atomic mass is 10.1. The highest BCUT2D eigenvalue weighted by molar-refractivity contribution is 6.31. The summed E-state index contributed by atoms with van der Waals surface area (Å²) in [5.41, 5.74) is 1.48. The van der Waals surface area contributed by atoms with Gasteiger partial charge in [-0.05, 0) is 48.9 Å². The predicted molar refractivity (Wildman–Crippen MR) is 111 cm³/mol. The first-order valence-electron chi connectivity index (χ1n) is 9.15. The van der Waals surface area contributed by atoms with Crippen LogP contribution in [-0.2, 0) is 6.61 Å². The van der Waals surface area contributed by atoms with Crippen LogP contribution < -0.4 is 10.1 Å². The van der Waals surface area contributed by atoms with E-state index in [-0.39, 0.29) is 23.5 Å². The van der Waals surface area contributed by atoms with Gasteiger partial charge in [0.25, 0.3) is 5.91 Å². The highest BCUT2D eigenvalue weighted by atomic mass is 35.5. The van der Waals surface area contributed by atoms with E-state index in [4.69, 9.17) is 21.4 Å². The second kappa shape index (κ2) is 9.41. The van der Waals surface area contributed by atoms with Crippen LogP contribution in [0.15, 0.2) is 66.7 Å². The molecule has 0 bridgehead atoms. The second-order valence-electron chi connectivity index (χ2n) is 6.64. The number of hydrogen-bond acceptors (Lipinski definition) is 3. The van der Waals surface area contributed by atoms with Crippen molar-refractivity contribution in [2.24, 2.45) is 0 Å². The number of nitrogens with one attached hydrogen (secondary N) is 1. The molecular weight excluding hydrogens is 409 g/mol. The monoisotopic (exact) mass is 427 g/mol. The van der Waals surface area contributed by atoms with E-state index in [1.54, 1.807) is 49.4 Å². The summed E-state index contributed by atoms with van der Waals surface area (Å²) in [7, 11) is 0. The summed E-state index contributed by atoms with van der Waals surface area (Å²) in [4.78, 5) is 23.8. The van der Waals surface area contributed by atoms with Gasteiger partial charge >= 0.3 is 5.97 Å². The normalized spacial score (nSPS) is 11.6. The third-order valence-corrected chi connectivity index (χ3v) is 4.77. The van der Waals surface area contributed by atoms with Gasteiger partial charge in [-0.15, -0.1) is 0 Å². The maximum atomic E-state index is 13.8. The van der Waals surface area contributed by atoms with E-state index in [1.165, 1.54) is 24.3 Å². The Morgan fingerprint density at radius 1 is 1.10 bits per heavy atom. The van der Waals surface area contributed by atoms with Gasteiger partial charge in [0.05, 0.1) is 17.2 Å². The third-order valence-electron chi connectivity index (χ3n) is 4.53. The number of carboxylic acids is 1. The lowest BCUT2D eigenvalue weighted by Crippen LogP contribution is -2.27. The predicted octanol–water partition coefficient (Wildman–Crippen LogP) is 5.25. The van der Waals surface area contributed by atoms with Crippen LogP contribution in [0.4, 0.5) is 4.39 Å². The van der Waals surface area contributed by atoms with Crippen molar-refractivity contribution >= 4 is 23.5 Å². The van der Waals surface area contributed by atoms with E-state index in [0.29, 0.717) is 10.6 Å². The number of amides is 1. The Balaban J connectivity index is 1.75. The minimum absolute atomic E-state index is 0.0409. The van der Waals surface area contributed by atoms with Crippen molar-refractivity contribution in [1.29, 1.82) is 0 Å². The molecule has 0 aliphatic heterocycles. The van der Waals surface area contributed by atoms with Crippen LogP contribution in [0.2, 0.25) is 5.02 Å². The number of benzene rings is 3. The molecule has 0 saturated carbocycles. The number of rotatable bonds is 7. The molecule has 3 rings (SSSR count).